The molecule has 0 aliphatic carbocycles. The number of para-hydroxylation sites is 1. The molecule has 0 saturated carbocycles. The highest BCUT2D eigenvalue weighted by atomic mass is 16.5. The number of hydrogen-bond acceptors (Lipinski definition) is 2. The van der Waals surface area contributed by atoms with Crippen molar-refractivity contribution in [3.05, 3.63) is 42.5 Å². The summed E-state index contributed by atoms with van der Waals surface area (Å²) in [5.74, 6) is 1.17. The van der Waals surface area contributed by atoms with Gasteiger partial charge in [-0.15, -0.1) is 0 Å². The minimum absolute atomic E-state index is 0.501. The van der Waals surface area contributed by atoms with Gasteiger partial charge in [-0.05, 0) is 31.1 Å². The highest BCUT2D eigenvalue weighted by Crippen LogP contribution is 2.11. The van der Waals surface area contributed by atoms with Gasteiger partial charge in [0, 0.05) is 0 Å². The topological polar surface area (TPSA) is 21.6 Å². The van der Waals surface area contributed by atoms with Gasteiger partial charge in [-0.3, -0.25) is 0 Å². The number of rotatable bonds is 4. The van der Waals surface area contributed by atoms with Crippen LogP contribution in [-0.4, -0.2) is 12.5 Å². The fourth-order valence-electron chi connectivity index (χ4n) is 1.17. The molecule has 0 unspecified atom stereocenters. The predicted octanol–water partition coefficient (Wildman–Crippen LogP) is 3.97. The maximum absolute atomic E-state index is 5.46. The Morgan fingerprint density at radius 1 is 1.31 bits per heavy atom. The van der Waals surface area contributed by atoms with Crippen molar-refractivity contribution in [3.8, 4) is 0 Å². The van der Waals surface area contributed by atoms with Gasteiger partial charge in [-0.25, -0.2) is 4.99 Å². The van der Waals surface area contributed by atoms with Gasteiger partial charge in [-0.1, -0.05) is 38.1 Å². The van der Waals surface area contributed by atoms with Gasteiger partial charge < -0.3 is 4.74 Å². The number of benzene rings is 1. The summed E-state index contributed by atoms with van der Waals surface area (Å²) in [7, 11) is 0. The van der Waals surface area contributed by atoms with Crippen LogP contribution in [0.25, 0.3) is 0 Å². The van der Waals surface area contributed by atoms with Crippen molar-refractivity contribution in [2.45, 2.75) is 20.8 Å². The van der Waals surface area contributed by atoms with E-state index in [-0.39, 0.29) is 0 Å². The van der Waals surface area contributed by atoms with Gasteiger partial charge in [0.1, 0.15) is 0 Å². The Balaban J connectivity index is 2.81. The first kappa shape index (κ1) is 12.5. The highest BCUT2D eigenvalue weighted by molar-refractivity contribution is 5.89. The Hall–Kier alpha value is -1.57. The number of allylic oxidation sites excluding steroid dienone is 1. The van der Waals surface area contributed by atoms with Crippen LogP contribution >= 0.6 is 0 Å². The lowest BCUT2D eigenvalue weighted by Crippen LogP contribution is -2.00. The monoisotopic (exact) mass is 217 g/mol. The SMILES string of the molecule is CCOC(/C=C/C(C)C)=Nc1ccccc1. The van der Waals surface area contributed by atoms with Crippen LogP contribution in [0.15, 0.2) is 47.5 Å². The van der Waals surface area contributed by atoms with Crippen LogP contribution in [0.2, 0.25) is 0 Å². The third kappa shape index (κ3) is 4.78. The average Bonchev–Trinajstić information content (AvgIpc) is 2.27. The zero-order valence-corrected chi connectivity index (χ0v) is 10.2. The van der Waals surface area contributed by atoms with Crippen molar-refractivity contribution >= 4 is 11.6 Å². The molecule has 0 N–H and O–H groups in total. The maximum atomic E-state index is 5.46. The second-order valence-electron chi connectivity index (χ2n) is 3.82. The van der Waals surface area contributed by atoms with Crippen LogP contribution in [0, 0.1) is 5.92 Å². The van der Waals surface area contributed by atoms with Gasteiger partial charge in [0.05, 0.1) is 12.3 Å². The third-order valence-electron chi connectivity index (χ3n) is 1.91. The maximum Gasteiger partial charge on any atom is 0.213 e. The standard InChI is InChI=1S/C14H19NO/c1-4-16-14(11-10-12(2)3)15-13-8-6-5-7-9-13/h5-12H,4H2,1-3H3/b11-10+,15-14?. The third-order valence-corrected chi connectivity index (χ3v) is 1.91. The lowest BCUT2D eigenvalue weighted by Gasteiger charge is -2.03. The van der Waals surface area contributed by atoms with Gasteiger partial charge in [-0.2, -0.15) is 0 Å². The normalized spacial score (nSPS) is 12.4. The number of nitrogens with zero attached hydrogens (tertiary/aromatic N) is 1. The quantitative estimate of drug-likeness (QED) is 0.552. The summed E-state index contributed by atoms with van der Waals surface area (Å²) in [6.07, 6.45) is 4.01. The summed E-state index contributed by atoms with van der Waals surface area (Å²) < 4.78 is 5.46. The van der Waals surface area contributed by atoms with E-state index in [1.807, 2.05) is 43.3 Å². The predicted molar refractivity (Wildman–Crippen MR) is 69.1 cm³/mol. The summed E-state index contributed by atoms with van der Waals surface area (Å²) in [5.41, 5.74) is 0.916. The molecule has 1 aromatic rings. The van der Waals surface area contributed by atoms with Crippen LogP contribution in [0.4, 0.5) is 5.69 Å². The minimum Gasteiger partial charge on any atom is -0.478 e. The molecule has 1 rings (SSSR count). The van der Waals surface area contributed by atoms with Gasteiger partial charge >= 0.3 is 0 Å². The number of aliphatic imine (C=N–C) groups is 1. The van der Waals surface area contributed by atoms with Gasteiger partial charge in [0.2, 0.25) is 5.90 Å². The molecular formula is C14H19NO. The molecule has 0 amide bonds. The van der Waals surface area contributed by atoms with E-state index in [2.05, 4.69) is 24.9 Å². The summed E-state index contributed by atoms with van der Waals surface area (Å²) in [5, 5.41) is 0. The lowest BCUT2D eigenvalue weighted by molar-refractivity contribution is 0.330. The van der Waals surface area contributed by atoms with Crippen molar-refractivity contribution in [2.24, 2.45) is 10.9 Å². The molecule has 0 saturated heterocycles. The second-order valence-corrected chi connectivity index (χ2v) is 3.82. The van der Waals surface area contributed by atoms with Gasteiger partial charge in [0.25, 0.3) is 0 Å². The molecule has 0 radical (unpaired) electrons. The average molecular weight is 217 g/mol. The van der Waals surface area contributed by atoms with Crippen LogP contribution in [-0.2, 0) is 4.74 Å². The van der Waals surface area contributed by atoms with Crippen molar-refractivity contribution in [2.75, 3.05) is 6.61 Å². The van der Waals surface area contributed by atoms with E-state index in [1.165, 1.54) is 0 Å². The van der Waals surface area contributed by atoms with Crippen LogP contribution in [0.5, 0.6) is 0 Å². The molecule has 0 heterocycles. The highest BCUT2D eigenvalue weighted by Gasteiger charge is 1.95. The molecule has 0 aromatic heterocycles. The summed E-state index contributed by atoms with van der Waals surface area (Å²) >= 11 is 0. The summed E-state index contributed by atoms with van der Waals surface area (Å²) in [4.78, 5) is 4.43. The Labute approximate surface area is 97.7 Å². The molecule has 0 bridgehead atoms. The molecule has 0 atom stereocenters. The Kier molecular flexibility index (Phi) is 5.34. The van der Waals surface area contributed by atoms with E-state index in [0.29, 0.717) is 18.4 Å². The Morgan fingerprint density at radius 3 is 2.56 bits per heavy atom. The molecular weight excluding hydrogens is 198 g/mol. The van der Waals surface area contributed by atoms with Crippen molar-refractivity contribution in [3.63, 3.8) is 0 Å². The number of ether oxygens (including phenoxy) is 1. The van der Waals surface area contributed by atoms with E-state index >= 15 is 0 Å². The first-order valence-electron chi connectivity index (χ1n) is 5.67. The van der Waals surface area contributed by atoms with E-state index < -0.39 is 0 Å². The van der Waals surface area contributed by atoms with Crippen LogP contribution < -0.4 is 0 Å². The van der Waals surface area contributed by atoms with E-state index in [0.717, 1.165) is 5.69 Å². The number of hydrogen-bond donors (Lipinski definition) is 0. The smallest absolute Gasteiger partial charge is 0.213 e. The van der Waals surface area contributed by atoms with Crippen molar-refractivity contribution in [1.82, 2.24) is 0 Å². The zero-order chi connectivity index (χ0) is 11.8. The van der Waals surface area contributed by atoms with E-state index in [4.69, 9.17) is 4.74 Å². The van der Waals surface area contributed by atoms with Crippen molar-refractivity contribution in [1.29, 1.82) is 0 Å². The molecule has 0 aliphatic rings. The zero-order valence-electron chi connectivity index (χ0n) is 10.2. The van der Waals surface area contributed by atoms with Crippen LogP contribution in [0.3, 0.4) is 0 Å². The second kappa shape index (κ2) is 6.83. The molecule has 0 fully saturated rings. The fraction of sp³-hybridized carbons (Fsp3) is 0.357. The largest absolute Gasteiger partial charge is 0.478 e. The lowest BCUT2D eigenvalue weighted by atomic mass is 10.2. The molecule has 0 spiro atoms. The first-order chi connectivity index (χ1) is 7.72. The Morgan fingerprint density at radius 2 is 2.00 bits per heavy atom. The van der Waals surface area contributed by atoms with Crippen LogP contribution in [0.1, 0.15) is 20.8 Å². The molecule has 16 heavy (non-hydrogen) atoms. The first-order valence-corrected chi connectivity index (χ1v) is 5.67. The minimum atomic E-state index is 0.501. The van der Waals surface area contributed by atoms with Crippen molar-refractivity contribution < 1.29 is 4.74 Å². The molecule has 2 nitrogen and oxygen atoms in total. The molecule has 1 aromatic carbocycles. The molecule has 86 valence electrons. The molecule has 0 aliphatic heterocycles. The molecule has 2 heteroatoms. The van der Waals surface area contributed by atoms with E-state index in [9.17, 15) is 0 Å². The fourth-order valence-corrected chi connectivity index (χ4v) is 1.17. The summed E-state index contributed by atoms with van der Waals surface area (Å²) in [6, 6.07) is 9.83. The van der Waals surface area contributed by atoms with Gasteiger partial charge in [0.15, 0.2) is 0 Å². The Bertz CT molecular complexity index is 352. The van der Waals surface area contributed by atoms with E-state index in [1.54, 1.807) is 0 Å². The summed E-state index contributed by atoms with van der Waals surface area (Å²) in [6.45, 7) is 6.85.